The van der Waals surface area contributed by atoms with Crippen molar-refractivity contribution in [2.75, 3.05) is 0 Å². The SMILES string of the molecule is CC1C2CCC1N2. The number of hydrogen-bond acceptors (Lipinski definition) is 1. The third kappa shape index (κ3) is 0.325. The third-order valence-corrected chi connectivity index (χ3v) is 2.49. The molecule has 1 saturated carbocycles. The second-order valence-corrected chi connectivity index (χ2v) is 2.82. The summed E-state index contributed by atoms with van der Waals surface area (Å²) in [5.41, 5.74) is 0. The van der Waals surface area contributed by atoms with Crippen molar-refractivity contribution < 1.29 is 0 Å². The molecule has 1 nitrogen and oxygen atoms in total. The van der Waals surface area contributed by atoms with E-state index in [0.717, 1.165) is 18.0 Å². The van der Waals surface area contributed by atoms with Crippen molar-refractivity contribution in [1.82, 2.24) is 5.32 Å². The van der Waals surface area contributed by atoms with Crippen molar-refractivity contribution >= 4 is 0 Å². The van der Waals surface area contributed by atoms with Gasteiger partial charge in [0, 0.05) is 12.1 Å². The quantitative estimate of drug-likeness (QED) is 0.470. The van der Waals surface area contributed by atoms with E-state index in [1.807, 2.05) is 0 Å². The largest absolute Gasteiger partial charge is 0.311 e. The van der Waals surface area contributed by atoms with Crippen molar-refractivity contribution in [3.63, 3.8) is 0 Å². The molecule has 0 aromatic rings. The summed E-state index contributed by atoms with van der Waals surface area (Å²) in [5, 5.41) is 3.47. The van der Waals surface area contributed by atoms with Gasteiger partial charge in [0.05, 0.1) is 0 Å². The minimum atomic E-state index is 0.907. The first-order chi connectivity index (χ1) is 3.38. The van der Waals surface area contributed by atoms with Gasteiger partial charge in [-0.15, -0.1) is 0 Å². The van der Waals surface area contributed by atoms with E-state index >= 15 is 0 Å². The molecule has 0 amide bonds. The molecule has 1 aliphatic carbocycles. The van der Waals surface area contributed by atoms with Crippen LogP contribution >= 0.6 is 0 Å². The van der Waals surface area contributed by atoms with Crippen LogP contribution in [-0.4, -0.2) is 12.1 Å². The van der Waals surface area contributed by atoms with E-state index in [0.29, 0.717) is 0 Å². The predicted molar refractivity (Wildman–Crippen MR) is 29.1 cm³/mol. The Bertz CT molecular complexity index is 76.2. The highest BCUT2D eigenvalue weighted by atomic mass is 15.1. The molecule has 2 bridgehead atoms. The average Bonchev–Trinajstić information content (AvgIpc) is 2.18. The minimum Gasteiger partial charge on any atom is -0.311 e. The summed E-state index contributed by atoms with van der Waals surface area (Å²) in [5.74, 6) is 1.000. The van der Waals surface area contributed by atoms with Gasteiger partial charge in [-0.1, -0.05) is 6.92 Å². The summed E-state index contributed by atoms with van der Waals surface area (Å²) < 4.78 is 0. The van der Waals surface area contributed by atoms with E-state index < -0.39 is 0 Å². The van der Waals surface area contributed by atoms with Crippen LogP contribution in [0.4, 0.5) is 0 Å². The molecule has 0 aromatic carbocycles. The lowest BCUT2D eigenvalue weighted by atomic mass is 9.94. The number of rotatable bonds is 0. The molecule has 3 rings (SSSR count). The maximum absolute atomic E-state index is 3.47. The summed E-state index contributed by atoms with van der Waals surface area (Å²) in [6, 6.07) is 1.81. The molecule has 0 spiro atoms. The highest BCUT2D eigenvalue weighted by Crippen LogP contribution is 2.35. The molecule has 7 heavy (non-hydrogen) atoms. The van der Waals surface area contributed by atoms with Gasteiger partial charge in [-0.3, -0.25) is 0 Å². The summed E-state index contributed by atoms with van der Waals surface area (Å²) in [6.45, 7) is 2.35. The molecule has 3 fully saturated rings. The lowest BCUT2D eigenvalue weighted by Crippen LogP contribution is -2.52. The smallest absolute Gasteiger partial charge is 0.0111 e. The maximum Gasteiger partial charge on any atom is 0.0111 e. The van der Waals surface area contributed by atoms with Gasteiger partial charge in [-0.05, 0) is 18.8 Å². The van der Waals surface area contributed by atoms with Gasteiger partial charge in [-0.25, -0.2) is 0 Å². The third-order valence-electron chi connectivity index (χ3n) is 2.49. The van der Waals surface area contributed by atoms with E-state index in [1.165, 1.54) is 12.8 Å². The molecule has 40 valence electrons. The fourth-order valence-corrected chi connectivity index (χ4v) is 1.79. The van der Waals surface area contributed by atoms with Gasteiger partial charge in [0.2, 0.25) is 0 Å². The van der Waals surface area contributed by atoms with Crippen LogP contribution < -0.4 is 5.32 Å². The van der Waals surface area contributed by atoms with Crippen molar-refractivity contribution in [3.8, 4) is 0 Å². The molecule has 2 aliphatic heterocycles. The fraction of sp³-hybridized carbons (Fsp3) is 1.00. The molecule has 0 radical (unpaired) electrons. The van der Waals surface area contributed by atoms with Crippen LogP contribution in [0.5, 0.6) is 0 Å². The van der Waals surface area contributed by atoms with Crippen molar-refractivity contribution in [1.29, 1.82) is 0 Å². The number of fused-ring (bicyclic) bond motifs is 1. The molecular weight excluding hydrogens is 86.1 g/mol. The summed E-state index contributed by atoms with van der Waals surface area (Å²) in [7, 11) is 0. The molecule has 2 heterocycles. The number of hydrogen-bond donors (Lipinski definition) is 1. The lowest BCUT2D eigenvalue weighted by Gasteiger charge is -2.34. The van der Waals surface area contributed by atoms with Gasteiger partial charge < -0.3 is 5.32 Å². The van der Waals surface area contributed by atoms with Crippen molar-refractivity contribution in [2.24, 2.45) is 5.92 Å². The topological polar surface area (TPSA) is 12.0 Å². The predicted octanol–water partition coefficient (Wildman–Crippen LogP) is 0.757. The number of nitrogens with one attached hydrogen (secondary N) is 1. The van der Waals surface area contributed by atoms with E-state index in [2.05, 4.69) is 12.2 Å². The molecule has 0 aromatic heterocycles. The van der Waals surface area contributed by atoms with E-state index in [1.54, 1.807) is 0 Å². The monoisotopic (exact) mass is 97.1 g/mol. The Labute approximate surface area is 44.1 Å². The van der Waals surface area contributed by atoms with E-state index in [4.69, 9.17) is 0 Å². The van der Waals surface area contributed by atoms with Crippen molar-refractivity contribution in [3.05, 3.63) is 0 Å². The fourth-order valence-electron chi connectivity index (χ4n) is 1.79. The molecule has 3 aliphatic rings. The zero-order chi connectivity index (χ0) is 4.85. The Morgan fingerprint density at radius 1 is 1.29 bits per heavy atom. The molecule has 1 N–H and O–H groups in total. The highest BCUT2D eigenvalue weighted by molar-refractivity contribution is 5.02. The van der Waals surface area contributed by atoms with Gasteiger partial charge in [0.25, 0.3) is 0 Å². The second kappa shape index (κ2) is 1.03. The maximum atomic E-state index is 3.47. The standard InChI is InChI=1S/C6H11N/c1-4-5-2-3-6(4)7-5/h4-7H,2-3H2,1H3. The normalized spacial score (nSPS) is 57.0. The minimum absolute atomic E-state index is 0.907. The Kier molecular flexibility index (Phi) is 0.571. The van der Waals surface area contributed by atoms with Gasteiger partial charge in [0.1, 0.15) is 0 Å². The summed E-state index contributed by atoms with van der Waals surface area (Å²) >= 11 is 0. The average molecular weight is 97.2 g/mol. The van der Waals surface area contributed by atoms with Gasteiger partial charge in [-0.2, -0.15) is 0 Å². The van der Waals surface area contributed by atoms with Crippen LogP contribution in [0, 0.1) is 5.92 Å². The van der Waals surface area contributed by atoms with Gasteiger partial charge >= 0.3 is 0 Å². The Hall–Kier alpha value is -0.0400. The summed E-state index contributed by atoms with van der Waals surface area (Å²) in [6.07, 6.45) is 2.87. The first kappa shape index (κ1) is 3.90. The van der Waals surface area contributed by atoms with Crippen LogP contribution in [0.25, 0.3) is 0 Å². The van der Waals surface area contributed by atoms with E-state index in [9.17, 15) is 0 Å². The van der Waals surface area contributed by atoms with Crippen LogP contribution in [-0.2, 0) is 0 Å². The van der Waals surface area contributed by atoms with Crippen LogP contribution in [0.3, 0.4) is 0 Å². The van der Waals surface area contributed by atoms with Crippen LogP contribution in [0.2, 0.25) is 0 Å². The van der Waals surface area contributed by atoms with E-state index in [-0.39, 0.29) is 0 Å². The first-order valence-corrected chi connectivity index (χ1v) is 3.14. The zero-order valence-corrected chi connectivity index (χ0v) is 4.65. The molecule has 1 heteroatoms. The summed E-state index contributed by atoms with van der Waals surface area (Å²) in [4.78, 5) is 0. The Morgan fingerprint density at radius 3 is 2.00 bits per heavy atom. The molecule has 2 unspecified atom stereocenters. The molecular formula is C6H11N. The molecule has 2 saturated heterocycles. The first-order valence-electron chi connectivity index (χ1n) is 3.14. The molecule has 2 atom stereocenters. The van der Waals surface area contributed by atoms with Crippen molar-refractivity contribution in [2.45, 2.75) is 31.8 Å². The Morgan fingerprint density at radius 2 is 1.86 bits per heavy atom. The van der Waals surface area contributed by atoms with Crippen LogP contribution in [0.1, 0.15) is 19.8 Å². The Balaban J connectivity index is 2.14. The van der Waals surface area contributed by atoms with Crippen LogP contribution in [0.15, 0.2) is 0 Å². The second-order valence-electron chi connectivity index (χ2n) is 2.82. The lowest BCUT2D eigenvalue weighted by molar-refractivity contribution is 0.244. The highest BCUT2D eigenvalue weighted by Gasteiger charge is 2.42. The zero-order valence-electron chi connectivity index (χ0n) is 4.65. The van der Waals surface area contributed by atoms with Gasteiger partial charge in [0.15, 0.2) is 0 Å².